The number of carboxylic acids is 1. The number of carboxylic acid groups (broad SMARTS) is 1. The van der Waals surface area contributed by atoms with Crippen LogP contribution in [0.1, 0.15) is 19.8 Å². The molecule has 1 aliphatic heterocycles. The molecule has 1 heterocycles. The summed E-state index contributed by atoms with van der Waals surface area (Å²) in [7, 11) is 0. The highest BCUT2D eigenvalue weighted by Gasteiger charge is 2.33. The average molecular weight is 275 g/mol. The molecule has 1 amide bonds. The van der Waals surface area contributed by atoms with Crippen molar-refractivity contribution in [3.63, 3.8) is 0 Å². The van der Waals surface area contributed by atoms with Gasteiger partial charge in [-0.05, 0) is 6.92 Å². The lowest BCUT2D eigenvalue weighted by Gasteiger charge is -2.33. The summed E-state index contributed by atoms with van der Waals surface area (Å²) >= 11 is 1.59. The second-order valence-corrected chi connectivity index (χ2v) is 4.97. The first kappa shape index (κ1) is 14.8. The van der Waals surface area contributed by atoms with Crippen LogP contribution in [-0.4, -0.2) is 58.6 Å². The lowest BCUT2D eigenvalue weighted by molar-refractivity contribution is -0.154. The maximum Gasteiger partial charge on any atom is 0.329 e. The molecule has 0 aromatic rings. The van der Waals surface area contributed by atoms with Crippen LogP contribution >= 0.6 is 11.8 Å². The van der Waals surface area contributed by atoms with Gasteiger partial charge in [0.1, 0.15) is 6.04 Å². The van der Waals surface area contributed by atoms with E-state index in [-0.39, 0.29) is 25.4 Å². The Labute approximate surface area is 110 Å². The molecule has 7 heteroatoms. The molecule has 1 unspecified atom stereocenters. The van der Waals surface area contributed by atoms with Crippen molar-refractivity contribution in [3.8, 4) is 0 Å². The van der Waals surface area contributed by atoms with Gasteiger partial charge in [0.15, 0.2) is 0 Å². The monoisotopic (exact) mass is 275 g/mol. The molecule has 0 aliphatic carbocycles. The summed E-state index contributed by atoms with van der Waals surface area (Å²) in [6, 6.07) is -0.579. The summed E-state index contributed by atoms with van der Waals surface area (Å²) in [6.07, 6.45) is -0.284. The minimum atomic E-state index is -1.01. The summed E-state index contributed by atoms with van der Waals surface area (Å²) in [5.74, 6) is -0.446. The summed E-state index contributed by atoms with van der Waals surface area (Å²) in [4.78, 5) is 35.5. The van der Waals surface area contributed by atoms with E-state index in [1.807, 2.05) is 0 Å². The van der Waals surface area contributed by atoms with Gasteiger partial charge < -0.3 is 14.7 Å². The van der Waals surface area contributed by atoms with Gasteiger partial charge in [-0.25, -0.2) is 4.79 Å². The normalized spacial score (nSPS) is 19.4. The van der Waals surface area contributed by atoms with Crippen LogP contribution in [0.4, 0.5) is 0 Å². The van der Waals surface area contributed by atoms with Crippen molar-refractivity contribution in [1.29, 1.82) is 0 Å². The van der Waals surface area contributed by atoms with Crippen molar-refractivity contribution in [2.24, 2.45) is 0 Å². The molecule has 0 aromatic heterocycles. The van der Waals surface area contributed by atoms with Gasteiger partial charge in [-0.3, -0.25) is 9.59 Å². The average Bonchev–Trinajstić information content (AvgIpc) is 2.36. The van der Waals surface area contributed by atoms with E-state index >= 15 is 0 Å². The Hall–Kier alpha value is -1.24. The number of ether oxygens (including phenoxy) is 1. The zero-order valence-corrected chi connectivity index (χ0v) is 11.1. The quantitative estimate of drug-likeness (QED) is 0.729. The van der Waals surface area contributed by atoms with Gasteiger partial charge in [0, 0.05) is 24.5 Å². The van der Waals surface area contributed by atoms with Crippen LogP contribution in [0, 0.1) is 0 Å². The third-order valence-electron chi connectivity index (χ3n) is 2.56. The Bertz CT molecular complexity index is 333. The van der Waals surface area contributed by atoms with Crippen molar-refractivity contribution in [2.75, 3.05) is 24.7 Å². The maximum atomic E-state index is 11.9. The molecule has 0 radical (unpaired) electrons. The number of aliphatic carboxylic acids is 1. The van der Waals surface area contributed by atoms with Gasteiger partial charge in [-0.1, -0.05) is 0 Å². The minimum Gasteiger partial charge on any atom is -0.481 e. The Morgan fingerprint density at radius 2 is 2.11 bits per heavy atom. The van der Waals surface area contributed by atoms with Crippen LogP contribution < -0.4 is 0 Å². The zero-order chi connectivity index (χ0) is 13.5. The van der Waals surface area contributed by atoms with Crippen molar-refractivity contribution in [2.45, 2.75) is 25.8 Å². The first-order valence-corrected chi connectivity index (χ1v) is 6.97. The molecule has 1 fully saturated rings. The van der Waals surface area contributed by atoms with Crippen LogP contribution in [0.25, 0.3) is 0 Å². The predicted octanol–water partition coefficient (Wildman–Crippen LogP) is 0.358. The zero-order valence-electron chi connectivity index (χ0n) is 10.3. The fraction of sp³-hybridized carbons (Fsp3) is 0.727. The Morgan fingerprint density at radius 1 is 1.39 bits per heavy atom. The van der Waals surface area contributed by atoms with Crippen LogP contribution in [0.2, 0.25) is 0 Å². The number of nitrogens with zero attached hydrogens (tertiary/aromatic N) is 1. The molecule has 18 heavy (non-hydrogen) atoms. The van der Waals surface area contributed by atoms with Crippen molar-refractivity contribution >= 4 is 29.6 Å². The summed E-state index contributed by atoms with van der Waals surface area (Å²) in [5.41, 5.74) is 0. The molecular formula is C11H17NO5S. The van der Waals surface area contributed by atoms with E-state index in [0.29, 0.717) is 12.3 Å². The Balaban J connectivity index is 2.60. The maximum absolute atomic E-state index is 11.9. The first-order chi connectivity index (χ1) is 8.56. The number of hydrogen-bond donors (Lipinski definition) is 1. The second-order valence-electron chi connectivity index (χ2n) is 3.82. The number of esters is 1. The standard InChI is InChI=1S/C11H17NO5S/c1-2-17-11(16)8-7-18-6-5-12(8)9(13)3-4-10(14)15/h8H,2-7H2,1H3,(H,14,15). The first-order valence-electron chi connectivity index (χ1n) is 5.82. The fourth-order valence-corrected chi connectivity index (χ4v) is 2.73. The van der Waals surface area contributed by atoms with E-state index in [4.69, 9.17) is 9.84 Å². The molecule has 0 aromatic carbocycles. The molecule has 102 valence electrons. The van der Waals surface area contributed by atoms with Crippen LogP contribution in [0.15, 0.2) is 0 Å². The van der Waals surface area contributed by atoms with Gasteiger partial charge >= 0.3 is 11.9 Å². The number of thioether (sulfide) groups is 1. The second kappa shape index (κ2) is 7.25. The molecule has 0 saturated carbocycles. The Morgan fingerprint density at radius 3 is 2.72 bits per heavy atom. The van der Waals surface area contributed by atoms with Crippen LogP contribution in [0.5, 0.6) is 0 Å². The molecule has 0 bridgehead atoms. The van der Waals surface area contributed by atoms with Gasteiger partial charge in [0.25, 0.3) is 0 Å². The van der Waals surface area contributed by atoms with E-state index in [1.54, 1.807) is 18.7 Å². The predicted molar refractivity (Wildman–Crippen MR) is 66.3 cm³/mol. The van der Waals surface area contributed by atoms with Gasteiger partial charge in [-0.15, -0.1) is 0 Å². The number of amides is 1. The molecular weight excluding hydrogens is 258 g/mol. The van der Waals surface area contributed by atoms with Crippen LogP contribution in [-0.2, 0) is 19.1 Å². The van der Waals surface area contributed by atoms with E-state index in [1.165, 1.54) is 4.90 Å². The number of carbonyl (C=O) groups excluding carboxylic acids is 2. The SMILES string of the molecule is CCOC(=O)C1CSCCN1C(=O)CCC(=O)O. The third-order valence-corrected chi connectivity index (χ3v) is 3.58. The largest absolute Gasteiger partial charge is 0.481 e. The van der Waals surface area contributed by atoms with E-state index in [0.717, 1.165) is 5.75 Å². The summed E-state index contributed by atoms with van der Waals surface area (Å²) in [5, 5.41) is 8.55. The smallest absolute Gasteiger partial charge is 0.329 e. The van der Waals surface area contributed by atoms with Crippen molar-refractivity contribution in [3.05, 3.63) is 0 Å². The topological polar surface area (TPSA) is 83.9 Å². The molecule has 6 nitrogen and oxygen atoms in total. The van der Waals surface area contributed by atoms with Gasteiger partial charge in [0.2, 0.25) is 5.91 Å². The van der Waals surface area contributed by atoms with Crippen molar-refractivity contribution in [1.82, 2.24) is 4.90 Å². The molecule has 0 spiro atoms. The molecule has 1 N–H and O–H groups in total. The lowest BCUT2D eigenvalue weighted by atomic mass is 10.2. The minimum absolute atomic E-state index is 0.0735. The Kier molecular flexibility index (Phi) is 5.97. The van der Waals surface area contributed by atoms with Crippen LogP contribution in [0.3, 0.4) is 0 Å². The van der Waals surface area contributed by atoms with E-state index in [2.05, 4.69) is 0 Å². The van der Waals surface area contributed by atoms with Gasteiger partial charge in [0.05, 0.1) is 13.0 Å². The lowest BCUT2D eigenvalue weighted by Crippen LogP contribution is -2.51. The van der Waals surface area contributed by atoms with E-state index in [9.17, 15) is 14.4 Å². The highest BCUT2D eigenvalue weighted by molar-refractivity contribution is 7.99. The number of rotatable bonds is 5. The molecule has 1 saturated heterocycles. The summed E-state index contributed by atoms with van der Waals surface area (Å²) < 4.78 is 4.92. The van der Waals surface area contributed by atoms with Gasteiger partial charge in [-0.2, -0.15) is 11.8 Å². The summed E-state index contributed by atoms with van der Waals surface area (Å²) in [6.45, 7) is 2.45. The third kappa shape index (κ3) is 4.21. The number of hydrogen-bond acceptors (Lipinski definition) is 5. The highest BCUT2D eigenvalue weighted by Crippen LogP contribution is 2.19. The molecule has 1 atom stereocenters. The number of carbonyl (C=O) groups is 3. The van der Waals surface area contributed by atoms with Crippen molar-refractivity contribution < 1.29 is 24.2 Å². The molecule has 1 aliphatic rings. The van der Waals surface area contributed by atoms with E-state index < -0.39 is 18.0 Å². The fourth-order valence-electron chi connectivity index (χ4n) is 1.69. The molecule has 1 rings (SSSR count). The highest BCUT2D eigenvalue weighted by atomic mass is 32.2.